The lowest BCUT2D eigenvalue weighted by Gasteiger charge is -2.02. The molecule has 0 bridgehead atoms. The molecule has 0 heterocycles. The van der Waals surface area contributed by atoms with Crippen LogP contribution in [-0.4, -0.2) is 18.5 Å². The van der Waals surface area contributed by atoms with E-state index in [1.165, 1.54) is 19.3 Å². The molecule has 0 unspecified atom stereocenters. The van der Waals surface area contributed by atoms with E-state index in [9.17, 15) is 9.90 Å². The van der Waals surface area contributed by atoms with Gasteiger partial charge in [0.15, 0.2) is 11.5 Å². The van der Waals surface area contributed by atoms with Gasteiger partial charge in [-0.05, 0) is 23.8 Å². The Morgan fingerprint density at radius 3 is 2.53 bits per heavy atom. The van der Waals surface area contributed by atoms with Crippen LogP contribution in [0.15, 0.2) is 24.3 Å². The molecule has 82 valence electrons. The summed E-state index contributed by atoms with van der Waals surface area (Å²) in [5, 5.41) is 9.24. The van der Waals surface area contributed by atoms with Gasteiger partial charge in [-0.2, -0.15) is 0 Å². The van der Waals surface area contributed by atoms with Crippen LogP contribution in [0.3, 0.4) is 0 Å². The topological polar surface area (TPSA) is 46.5 Å². The van der Waals surface area contributed by atoms with Crippen LogP contribution >= 0.6 is 0 Å². The first kappa shape index (κ1) is 13.2. The van der Waals surface area contributed by atoms with E-state index in [-0.39, 0.29) is 5.75 Å². The quantitative estimate of drug-likeness (QED) is 0.613. The number of rotatable bonds is 3. The normalized spacial score (nSPS) is 9.27. The summed E-state index contributed by atoms with van der Waals surface area (Å²) in [6.07, 6.45) is 3.71. The van der Waals surface area contributed by atoms with Crippen LogP contribution in [0, 0.1) is 0 Å². The van der Waals surface area contributed by atoms with Crippen molar-refractivity contribution in [2.45, 2.75) is 13.8 Å². The van der Waals surface area contributed by atoms with Crippen molar-refractivity contribution < 1.29 is 14.6 Å². The summed E-state index contributed by atoms with van der Waals surface area (Å²) in [6, 6.07) is 4.86. The molecule has 1 N–H and O–H groups in total. The summed E-state index contributed by atoms with van der Waals surface area (Å²) in [5.41, 5.74) is 0.807. The van der Waals surface area contributed by atoms with Gasteiger partial charge in [0, 0.05) is 0 Å². The molecule has 1 aromatic rings. The Labute approximate surface area is 90.0 Å². The predicted octanol–water partition coefficient (Wildman–Crippen LogP) is 2.64. The van der Waals surface area contributed by atoms with Crippen LogP contribution in [0.5, 0.6) is 11.5 Å². The molecule has 3 heteroatoms. The molecule has 3 nitrogen and oxygen atoms in total. The van der Waals surface area contributed by atoms with Crippen LogP contribution < -0.4 is 4.74 Å². The fourth-order valence-corrected chi connectivity index (χ4v) is 0.948. The van der Waals surface area contributed by atoms with Crippen molar-refractivity contribution in [3.63, 3.8) is 0 Å². The van der Waals surface area contributed by atoms with E-state index in [1.54, 1.807) is 18.2 Å². The van der Waals surface area contributed by atoms with Crippen LogP contribution in [0.25, 0.3) is 6.08 Å². The fraction of sp³-hybridized carbons (Fsp3) is 0.250. The Morgan fingerprint density at radius 2 is 2.00 bits per heavy atom. The molecule has 0 aromatic heterocycles. The van der Waals surface area contributed by atoms with E-state index in [2.05, 4.69) is 0 Å². The number of ether oxygens (including phenoxy) is 1. The highest BCUT2D eigenvalue weighted by Crippen LogP contribution is 2.26. The first-order valence-corrected chi connectivity index (χ1v) is 4.77. The SMILES string of the molecule is CC.COc1cc(/C=C/C=O)ccc1O. The summed E-state index contributed by atoms with van der Waals surface area (Å²) in [6.45, 7) is 4.00. The number of aldehydes is 1. The Hall–Kier alpha value is -1.77. The highest BCUT2D eigenvalue weighted by molar-refractivity contribution is 5.74. The van der Waals surface area contributed by atoms with Gasteiger partial charge in [0.05, 0.1) is 7.11 Å². The maximum atomic E-state index is 10.0. The number of hydrogen-bond acceptors (Lipinski definition) is 3. The molecule has 0 amide bonds. The minimum atomic E-state index is 0.0887. The lowest BCUT2D eigenvalue weighted by molar-refractivity contribution is -0.104. The third kappa shape index (κ3) is 4.31. The summed E-state index contributed by atoms with van der Waals surface area (Å²) in [5.74, 6) is 0.485. The van der Waals surface area contributed by atoms with Gasteiger partial charge in [-0.1, -0.05) is 26.0 Å². The average Bonchev–Trinajstić information content (AvgIpc) is 2.30. The number of methoxy groups -OCH3 is 1. The molecule has 0 saturated carbocycles. The summed E-state index contributed by atoms with van der Waals surface area (Å²) in [4.78, 5) is 10.0. The Balaban J connectivity index is 0.000000921. The second-order valence-corrected chi connectivity index (χ2v) is 2.43. The van der Waals surface area contributed by atoms with E-state index >= 15 is 0 Å². The zero-order valence-electron chi connectivity index (χ0n) is 9.23. The van der Waals surface area contributed by atoms with Gasteiger partial charge in [0.1, 0.15) is 6.29 Å². The van der Waals surface area contributed by atoms with Gasteiger partial charge in [-0.25, -0.2) is 0 Å². The number of aromatic hydroxyl groups is 1. The zero-order valence-corrected chi connectivity index (χ0v) is 9.23. The molecule has 0 atom stereocenters. The first-order valence-electron chi connectivity index (χ1n) is 4.77. The molecular weight excluding hydrogens is 192 g/mol. The molecular formula is C12H16O3. The van der Waals surface area contributed by atoms with Crippen molar-refractivity contribution in [1.29, 1.82) is 0 Å². The molecule has 1 rings (SSSR count). The minimum Gasteiger partial charge on any atom is -0.504 e. The smallest absolute Gasteiger partial charge is 0.161 e. The van der Waals surface area contributed by atoms with E-state index in [0.29, 0.717) is 12.0 Å². The van der Waals surface area contributed by atoms with E-state index < -0.39 is 0 Å². The minimum absolute atomic E-state index is 0.0887. The average molecular weight is 208 g/mol. The standard InChI is InChI=1S/C10H10O3.C2H6/c1-13-10-7-8(3-2-6-11)4-5-9(10)12;1-2/h2-7,12H,1H3;1-2H3/b3-2+;. The van der Waals surface area contributed by atoms with E-state index in [0.717, 1.165) is 5.56 Å². The monoisotopic (exact) mass is 208 g/mol. The van der Waals surface area contributed by atoms with Gasteiger partial charge in [-0.3, -0.25) is 4.79 Å². The van der Waals surface area contributed by atoms with Gasteiger partial charge in [-0.15, -0.1) is 0 Å². The van der Waals surface area contributed by atoms with Gasteiger partial charge >= 0.3 is 0 Å². The van der Waals surface area contributed by atoms with Crippen molar-refractivity contribution in [2.24, 2.45) is 0 Å². The molecule has 15 heavy (non-hydrogen) atoms. The van der Waals surface area contributed by atoms with Crippen LogP contribution in [0.1, 0.15) is 19.4 Å². The Morgan fingerprint density at radius 1 is 1.33 bits per heavy atom. The van der Waals surface area contributed by atoms with Gasteiger partial charge < -0.3 is 9.84 Å². The summed E-state index contributed by atoms with van der Waals surface area (Å²) >= 11 is 0. The molecule has 0 aliphatic rings. The highest BCUT2D eigenvalue weighted by Gasteiger charge is 1.99. The summed E-state index contributed by atoms with van der Waals surface area (Å²) < 4.78 is 4.89. The van der Waals surface area contributed by atoms with Crippen molar-refractivity contribution in [2.75, 3.05) is 7.11 Å². The molecule has 0 saturated heterocycles. The number of hydrogen-bond donors (Lipinski definition) is 1. The lowest BCUT2D eigenvalue weighted by Crippen LogP contribution is -1.84. The molecule has 0 aliphatic heterocycles. The number of carbonyl (C=O) groups excluding carboxylic acids is 1. The number of phenolic OH excluding ortho intramolecular Hbond substituents is 1. The molecule has 0 fully saturated rings. The van der Waals surface area contributed by atoms with Gasteiger partial charge in [0.25, 0.3) is 0 Å². The van der Waals surface area contributed by atoms with Gasteiger partial charge in [0.2, 0.25) is 0 Å². The predicted molar refractivity (Wildman–Crippen MR) is 61.1 cm³/mol. The van der Waals surface area contributed by atoms with Crippen LogP contribution in [-0.2, 0) is 4.79 Å². The maximum absolute atomic E-state index is 10.0. The first-order chi connectivity index (χ1) is 7.27. The number of allylic oxidation sites excluding steroid dienone is 1. The van der Waals surface area contributed by atoms with E-state index in [1.807, 2.05) is 13.8 Å². The van der Waals surface area contributed by atoms with Crippen molar-refractivity contribution in [1.82, 2.24) is 0 Å². The maximum Gasteiger partial charge on any atom is 0.161 e. The van der Waals surface area contributed by atoms with Crippen LogP contribution in [0.2, 0.25) is 0 Å². The molecule has 0 aliphatic carbocycles. The largest absolute Gasteiger partial charge is 0.504 e. The number of benzene rings is 1. The molecule has 1 aromatic carbocycles. The number of carbonyl (C=O) groups is 1. The molecule has 0 radical (unpaired) electrons. The molecule has 0 spiro atoms. The third-order valence-electron chi connectivity index (χ3n) is 1.57. The second kappa shape index (κ2) is 7.62. The lowest BCUT2D eigenvalue weighted by atomic mass is 10.2. The van der Waals surface area contributed by atoms with Crippen molar-refractivity contribution >= 4 is 12.4 Å². The summed E-state index contributed by atoms with van der Waals surface area (Å²) in [7, 11) is 1.47. The third-order valence-corrected chi connectivity index (χ3v) is 1.57. The van der Waals surface area contributed by atoms with Crippen molar-refractivity contribution in [3.05, 3.63) is 29.8 Å². The zero-order chi connectivity index (χ0) is 11.7. The fourth-order valence-electron chi connectivity index (χ4n) is 0.948. The van der Waals surface area contributed by atoms with E-state index in [4.69, 9.17) is 4.74 Å². The van der Waals surface area contributed by atoms with Crippen molar-refractivity contribution in [3.8, 4) is 11.5 Å². The Kier molecular flexibility index (Phi) is 6.72. The Bertz CT molecular complexity index is 330. The number of phenols is 1. The van der Waals surface area contributed by atoms with Crippen LogP contribution in [0.4, 0.5) is 0 Å². The highest BCUT2D eigenvalue weighted by atomic mass is 16.5. The second-order valence-electron chi connectivity index (χ2n) is 2.43.